The maximum atomic E-state index is 14.0. The van der Waals surface area contributed by atoms with E-state index in [4.69, 9.17) is 4.98 Å². The number of nitrogens with zero attached hydrogens (tertiary/aromatic N) is 3. The highest BCUT2D eigenvalue weighted by Crippen LogP contribution is 2.36. The molecule has 1 fully saturated rings. The number of aromatic nitrogens is 2. The Balaban J connectivity index is 1.66. The molecule has 1 saturated heterocycles. The number of fused-ring (bicyclic) bond motifs is 3. The number of carbonyl (C=O) groups is 2. The van der Waals surface area contributed by atoms with Crippen LogP contribution in [0.4, 0.5) is 4.79 Å². The van der Waals surface area contributed by atoms with Crippen molar-refractivity contribution in [1.29, 1.82) is 0 Å². The van der Waals surface area contributed by atoms with Crippen LogP contribution in [0.3, 0.4) is 0 Å². The molecule has 5 rings (SSSR count). The fourth-order valence-corrected chi connectivity index (χ4v) is 6.83. The first-order valence-electron chi connectivity index (χ1n) is 11.3. The minimum atomic E-state index is -0.566. The van der Waals surface area contributed by atoms with E-state index in [1.807, 2.05) is 32.0 Å². The SMILES string of the molecule is Cc1ccc(C)c(-n2c(SC(C)C(=O)N3CCNC3=O)nc3sc4c(c3c2=O)CCCC4)c1. The number of nitrogens with one attached hydrogen (secondary N) is 1. The summed E-state index contributed by atoms with van der Waals surface area (Å²) in [5, 5.41) is 3.31. The van der Waals surface area contributed by atoms with Gasteiger partial charge in [0.05, 0.1) is 16.3 Å². The van der Waals surface area contributed by atoms with E-state index in [0.717, 1.165) is 58.3 Å². The van der Waals surface area contributed by atoms with Gasteiger partial charge in [-0.2, -0.15) is 0 Å². The topological polar surface area (TPSA) is 84.3 Å². The molecule has 0 spiro atoms. The number of hydrogen-bond acceptors (Lipinski definition) is 6. The third-order valence-electron chi connectivity index (χ3n) is 6.32. The molecular formula is C24H26N4O3S2. The number of rotatable bonds is 4. The molecule has 0 radical (unpaired) electrons. The van der Waals surface area contributed by atoms with E-state index in [1.165, 1.54) is 21.5 Å². The van der Waals surface area contributed by atoms with Crippen molar-refractivity contribution in [3.8, 4) is 5.69 Å². The first-order chi connectivity index (χ1) is 15.8. The Hall–Kier alpha value is -2.65. The fraction of sp³-hybridized carbons (Fsp3) is 0.417. The third-order valence-corrected chi connectivity index (χ3v) is 8.54. The van der Waals surface area contributed by atoms with Gasteiger partial charge in [0.15, 0.2) is 5.16 Å². The Morgan fingerprint density at radius 2 is 2.00 bits per heavy atom. The Kier molecular flexibility index (Phi) is 5.78. The van der Waals surface area contributed by atoms with Crippen LogP contribution in [0.1, 0.15) is 41.3 Å². The smallest absolute Gasteiger partial charge is 0.324 e. The lowest BCUT2D eigenvalue weighted by molar-refractivity contribution is -0.126. The summed E-state index contributed by atoms with van der Waals surface area (Å²) < 4.78 is 1.67. The molecule has 1 atom stereocenters. The summed E-state index contributed by atoms with van der Waals surface area (Å²) in [6.45, 7) is 6.56. The van der Waals surface area contributed by atoms with Gasteiger partial charge in [-0.15, -0.1) is 11.3 Å². The summed E-state index contributed by atoms with van der Waals surface area (Å²) in [7, 11) is 0. The number of amides is 3. The van der Waals surface area contributed by atoms with Crippen LogP contribution in [-0.2, 0) is 17.6 Å². The van der Waals surface area contributed by atoms with E-state index in [2.05, 4.69) is 5.32 Å². The molecule has 172 valence electrons. The number of imide groups is 1. The predicted octanol–water partition coefficient (Wildman–Crippen LogP) is 3.98. The number of carbonyl (C=O) groups excluding carboxylic acids is 2. The Bertz CT molecular complexity index is 1340. The Labute approximate surface area is 200 Å². The van der Waals surface area contributed by atoms with Crippen LogP contribution in [-0.4, -0.2) is 44.7 Å². The molecule has 33 heavy (non-hydrogen) atoms. The molecule has 2 aliphatic rings. The highest BCUT2D eigenvalue weighted by molar-refractivity contribution is 8.00. The molecule has 1 aromatic carbocycles. The zero-order valence-corrected chi connectivity index (χ0v) is 20.6. The molecule has 0 bridgehead atoms. The molecule has 7 nitrogen and oxygen atoms in total. The van der Waals surface area contributed by atoms with Gasteiger partial charge < -0.3 is 5.32 Å². The summed E-state index contributed by atoms with van der Waals surface area (Å²) in [4.78, 5) is 47.1. The van der Waals surface area contributed by atoms with Crippen molar-refractivity contribution in [1.82, 2.24) is 19.8 Å². The zero-order chi connectivity index (χ0) is 23.3. The van der Waals surface area contributed by atoms with Crippen LogP contribution in [0.5, 0.6) is 0 Å². The van der Waals surface area contributed by atoms with Crippen molar-refractivity contribution in [3.05, 3.63) is 50.1 Å². The molecule has 1 aliphatic heterocycles. The van der Waals surface area contributed by atoms with E-state index in [0.29, 0.717) is 18.2 Å². The maximum Gasteiger partial charge on any atom is 0.324 e. The molecule has 3 amide bonds. The second-order valence-corrected chi connectivity index (χ2v) is 11.1. The van der Waals surface area contributed by atoms with Gasteiger partial charge in [0.2, 0.25) is 5.91 Å². The lowest BCUT2D eigenvalue weighted by Gasteiger charge is -2.20. The highest BCUT2D eigenvalue weighted by atomic mass is 32.2. The van der Waals surface area contributed by atoms with Crippen LogP contribution < -0.4 is 10.9 Å². The molecule has 1 N–H and O–H groups in total. The summed E-state index contributed by atoms with van der Waals surface area (Å²) in [6.07, 6.45) is 4.11. The number of aryl methyl sites for hydroxylation is 4. The van der Waals surface area contributed by atoms with E-state index < -0.39 is 5.25 Å². The Morgan fingerprint density at radius 3 is 2.76 bits per heavy atom. The zero-order valence-electron chi connectivity index (χ0n) is 18.9. The van der Waals surface area contributed by atoms with Crippen molar-refractivity contribution in [2.24, 2.45) is 0 Å². The van der Waals surface area contributed by atoms with E-state index in [9.17, 15) is 14.4 Å². The minimum Gasteiger partial charge on any atom is -0.336 e. The van der Waals surface area contributed by atoms with Gasteiger partial charge in [-0.1, -0.05) is 23.9 Å². The van der Waals surface area contributed by atoms with Gasteiger partial charge in [-0.3, -0.25) is 19.1 Å². The van der Waals surface area contributed by atoms with Crippen LogP contribution in [0, 0.1) is 13.8 Å². The van der Waals surface area contributed by atoms with Crippen LogP contribution in [0.15, 0.2) is 28.2 Å². The average molecular weight is 483 g/mol. The minimum absolute atomic E-state index is 0.0748. The van der Waals surface area contributed by atoms with Crippen molar-refractivity contribution in [3.63, 3.8) is 0 Å². The predicted molar refractivity (Wildman–Crippen MR) is 132 cm³/mol. The van der Waals surface area contributed by atoms with Gasteiger partial charge in [0, 0.05) is 18.0 Å². The fourth-order valence-electron chi connectivity index (χ4n) is 4.55. The lowest BCUT2D eigenvalue weighted by atomic mass is 9.97. The lowest BCUT2D eigenvalue weighted by Crippen LogP contribution is -2.39. The quantitative estimate of drug-likeness (QED) is 0.449. The largest absolute Gasteiger partial charge is 0.336 e. The van der Waals surface area contributed by atoms with Gasteiger partial charge >= 0.3 is 6.03 Å². The monoisotopic (exact) mass is 482 g/mol. The number of thioether (sulfide) groups is 1. The van der Waals surface area contributed by atoms with Crippen LogP contribution in [0.25, 0.3) is 15.9 Å². The second kappa shape index (κ2) is 8.61. The van der Waals surface area contributed by atoms with Crippen molar-refractivity contribution in [2.75, 3.05) is 13.1 Å². The van der Waals surface area contributed by atoms with Gasteiger partial charge in [0.25, 0.3) is 5.56 Å². The second-order valence-electron chi connectivity index (χ2n) is 8.70. The van der Waals surface area contributed by atoms with E-state index >= 15 is 0 Å². The normalized spacial score (nSPS) is 16.7. The average Bonchev–Trinajstić information content (AvgIpc) is 3.38. The van der Waals surface area contributed by atoms with Crippen molar-refractivity contribution in [2.45, 2.75) is 56.9 Å². The summed E-state index contributed by atoms with van der Waals surface area (Å²) in [5.74, 6) is -0.276. The number of thiophene rings is 1. The molecular weight excluding hydrogens is 456 g/mol. The first kappa shape index (κ1) is 22.2. The molecule has 0 saturated carbocycles. The van der Waals surface area contributed by atoms with Crippen molar-refractivity contribution >= 4 is 45.3 Å². The van der Waals surface area contributed by atoms with Gasteiger partial charge in [-0.25, -0.2) is 9.78 Å². The van der Waals surface area contributed by atoms with Gasteiger partial charge in [-0.05, 0) is 69.2 Å². The van der Waals surface area contributed by atoms with Crippen molar-refractivity contribution < 1.29 is 9.59 Å². The van der Waals surface area contributed by atoms with E-state index in [-0.39, 0.29) is 17.5 Å². The summed E-state index contributed by atoms with van der Waals surface area (Å²) >= 11 is 2.84. The summed E-state index contributed by atoms with van der Waals surface area (Å²) in [6, 6.07) is 5.65. The molecule has 1 aliphatic carbocycles. The molecule has 2 aromatic heterocycles. The van der Waals surface area contributed by atoms with Crippen LogP contribution >= 0.6 is 23.1 Å². The third kappa shape index (κ3) is 3.87. The molecule has 3 heterocycles. The van der Waals surface area contributed by atoms with E-state index in [1.54, 1.807) is 22.8 Å². The standard InChI is InChI=1S/C24H26N4O3S2/c1-13-8-9-14(2)17(12-13)28-22(30)19-16-6-4-5-7-18(16)33-20(19)26-24(28)32-15(3)21(29)27-11-10-25-23(27)31/h8-9,12,15H,4-7,10-11H2,1-3H3,(H,25,31). The molecule has 3 aromatic rings. The number of hydrogen-bond donors (Lipinski definition) is 1. The summed E-state index contributed by atoms with van der Waals surface area (Å²) in [5.41, 5.74) is 3.86. The highest BCUT2D eigenvalue weighted by Gasteiger charge is 2.32. The maximum absolute atomic E-state index is 14.0. The van der Waals surface area contributed by atoms with Crippen LogP contribution in [0.2, 0.25) is 0 Å². The molecule has 9 heteroatoms. The Morgan fingerprint density at radius 1 is 1.21 bits per heavy atom. The number of urea groups is 1. The number of benzene rings is 1. The van der Waals surface area contributed by atoms with Gasteiger partial charge in [0.1, 0.15) is 4.83 Å². The molecule has 1 unspecified atom stereocenters. The first-order valence-corrected chi connectivity index (χ1v) is 13.0.